The van der Waals surface area contributed by atoms with Crippen molar-refractivity contribution in [1.29, 1.82) is 0 Å². The zero-order valence-corrected chi connectivity index (χ0v) is 13.9. The van der Waals surface area contributed by atoms with E-state index < -0.39 is 23.0 Å². The Kier molecular flexibility index (Phi) is 3.63. The van der Waals surface area contributed by atoms with Crippen LogP contribution in [0.1, 0.15) is 50.0 Å². The Balaban J connectivity index is 1.48. The second-order valence-corrected chi connectivity index (χ2v) is 8.00. The molecular weight excluding hydrogens is 328 g/mol. The normalized spacial score (nSPS) is 26.2. The van der Waals surface area contributed by atoms with Gasteiger partial charge in [-0.15, -0.1) is 0 Å². The van der Waals surface area contributed by atoms with Crippen molar-refractivity contribution >= 4 is 11.9 Å². The second kappa shape index (κ2) is 5.51. The number of aliphatic carboxylic acids is 1. The predicted molar refractivity (Wildman–Crippen MR) is 85.9 cm³/mol. The minimum atomic E-state index is -1.27. The van der Waals surface area contributed by atoms with Gasteiger partial charge in [-0.3, -0.25) is 9.59 Å². The number of carbonyl (C=O) groups is 2. The summed E-state index contributed by atoms with van der Waals surface area (Å²) in [6, 6.07) is 3.81. The van der Waals surface area contributed by atoms with Crippen LogP contribution in [-0.2, 0) is 9.59 Å². The fourth-order valence-electron chi connectivity index (χ4n) is 4.94. The van der Waals surface area contributed by atoms with Crippen molar-refractivity contribution in [1.82, 2.24) is 4.90 Å². The number of carboxylic acids is 1. The van der Waals surface area contributed by atoms with Gasteiger partial charge in [0, 0.05) is 19.0 Å². The Morgan fingerprint density at radius 2 is 1.88 bits per heavy atom. The molecule has 134 valence electrons. The maximum absolute atomic E-state index is 13.4. The number of carbonyl (C=O) groups excluding carboxylic acids is 1. The first-order chi connectivity index (χ1) is 11.9. The van der Waals surface area contributed by atoms with Gasteiger partial charge in [0.05, 0.1) is 0 Å². The Morgan fingerprint density at radius 3 is 2.44 bits per heavy atom. The van der Waals surface area contributed by atoms with Crippen LogP contribution in [0.5, 0.6) is 0 Å². The van der Waals surface area contributed by atoms with E-state index in [0.29, 0.717) is 37.9 Å². The predicted octanol–water partition coefficient (Wildman–Crippen LogP) is 3.32. The zero-order valence-electron chi connectivity index (χ0n) is 13.9. The minimum Gasteiger partial charge on any atom is -0.480 e. The smallest absolute Gasteiger partial charge is 0.319 e. The van der Waals surface area contributed by atoms with E-state index in [4.69, 9.17) is 0 Å². The van der Waals surface area contributed by atoms with Gasteiger partial charge in [-0.25, -0.2) is 8.78 Å². The zero-order chi connectivity index (χ0) is 17.8. The first kappa shape index (κ1) is 16.5. The number of carboxylic acid groups (broad SMARTS) is 1. The molecule has 0 aromatic heterocycles. The molecule has 6 heteroatoms. The summed E-state index contributed by atoms with van der Waals surface area (Å²) >= 11 is 0. The van der Waals surface area contributed by atoms with Gasteiger partial charge < -0.3 is 10.0 Å². The van der Waals surface area contributed by atoms with Crippen LogP contribution in [-0.4, -0.2) is 35.0 Å². The van der Waals surface area contributed by atoms with Crippen molar-refractivity contribution in [3.63, 3.8) is 0 Å². The van der Waals surface area contributed by atoms with E-state index >= 15 is 0 Å². The summed E-state index contributed by atoms with van der Waals surface area (Å²) in [7, 11) is 0. The average Bonchev–Trinajstić information content (AvgIpc) is 2.97. The number of hydrogen-bond donors (Lipinski definition) is 1. The molecule has 4 nitrogen and oxygen atoms in total. The van der Waals surface area contributed by atoms with E-state index in [1.54, 1.807) is 4.90 Å². The topological polar surface area (TPSA) is 57.6 Å². The van der Waals surface area contributed by atoms with Crippen molar-refractivity contribution in [2.45, 2.75) is 44.4 Å². The number of nitrogens with zero attached hydrogens (tertiary/aromatic N) is 1. The number of hydrogen-bond acceptors (Lipinski definition) is 2. The largest absolute Gasteiger partial charge is 0.480 e. The molecule has 1 aromatic carbocycles. The van der Waals surface area contributed by atoms with Crippen molar-refractivity contribution in [2.75, 3.05) is 13.1 Å². The van der Waals surface area contributed by atoms with Crippen LogP contribution in [0.2, 0.25) is 0 Å². The third-order valence-corrected chi connectivity index (χ3v) is 6.48. The van der Waals surface area contributed by atoms with Crippen LogP contribution in [0.15, 0.2) is 18.2 Å². The van der Waals surface area contributed by atoms with Crippen LogP contribution in [0.3, 0.4) is 0 Å². The highest BCUT2D eigenvalue weighted by atomic mass is 19.2. The van der Waals surface area contributed by atoms with Gasteiger partial charge >= 0.3 is 5.97 Å². The summed E-state index contributed by atoms with van der Waals surface area (Å²) in [6.07, 6.45) is 4.68. The lowest BCUT2D eigenvalue weighted by Crippen LogP contribution is -2.61. The molecule has 1 heterocycles. The van der Waals surface area contributed by atoms with Crippen LogP contribution < -0.4 is 0 Å². The summed E-state index contributed by atoms with van der Waals surface area (Å²) in [6.45, 7) is 0.830. The molecule has 4 rings (SSSR count). The molecule has 1 aromatic rings. The highest BCUT2D eigenvalue weighted by Crippen LogP contribution is 2.65. The third kappa shape index (κ3) is 2.45. The number of halogens is 2. The molecule has 1 unspecified atom stereocenters. The van der Waals surface area contributed by atoms with E-state index in [1.165, 1.54) is 12.1 Å². The van der Waals surface area contributed by atoms with E-state index in [1.807, 2.05) is 0 Å². The molecule has 0 radical (unpaired) electrons. The molecule has 1 amide bonds. The lowest BCUT2D eigenvalue weighted by molar-refractivity contribution is -0.186. The summed E-state index contributed by atoms with van der Waals surface area (Å²) in [5.41, 5.74) is -0.543. The number of benzene rings is 1. The summed E-state index contributed by atoms with van der Waals surface area (Å²) < 4.78 is 26.5. The summed E-state index contributed by atoms with van der Waals surface area (Å²) in [4.78, 5) is 26.4. The Bertz CT molecular complexity index is 736. The quantitative estimate of drug-likeness (QED) is 0.852. The number of likely N-dealkylation sites (tertiary alicyclic amines) is 1. The molecule has 1 saturated heterocycles. The Labute approximate surface area is 144 Å². The molecule has 3 aliphatic rings. The molecule has 1 aliphatic heterocycles. The maximum atomic E-state index is 13.4. The van der Waals surface area contributed by atoms with E-state index in [9.17, 15) is 23.5 Å². The van der Waals surface area contributed by atoms with Gasteiger partial charge in [0.15, 0.2) is 11.6 Å². The highest BCUT2D eigenvalue weighted by molar-refractivity contribution is 6.03. The van der Waals surface area contributed by atoms with Gasteiger partial charge in [-0.2, -0.15) is 0 Å². The lowest BCUT2D eigenvalue weighted by Gasteiger charge is -2.58. The molecular formula is C19H21F2NO3. The Hall–Kier alpha value is -1.98. The molecule has 25 heavy (non-hydrogen) atoms. The summed E-state index contributed by atoms with van der Waals surface area (Å²) in [5, 5.41) is 9.68. The molecule has 0 bridgehead atoms. The van der Waals surface area contributed by atoms with E-state index in [0.717, 1.165) is 25.3 Å². The first-order valence-corrected chi connectivity index (χ1v) is 8.83. The van der Waals surface area contributed by atoms with Crippen molar-refractivity contribution < 1.29 is 23.5 Å². The molecule has 1 N–H and O–H groups in total. The maximum Gasteiger partial charge on any atom is 0.319 e. The standard InChI is InChI=1S/C19H21F2NO3/c20-14-3-2-12(8-15(14)21)13-4-7-22(9-13)16(23)19(17(24)25)10-18(11-19)5-1-6-18/h2-3,8,13H,1,4-7,9-11H2,(H,24,25). The van der Waals surface area contributed by atoms with Crippen LogP contribution in [0.4, 0.5) is 8.78 Å². The third-order valence-electron chi connectivity index (χ3n) is 6.48. The van der Waals surface area contributed by atoms with Crippen LogP contribution in [0.25, 0.3) is 0 Å². The van der Waals surface area contributed by atoms with E-state index in [2.05, 4.69) is 0 Å². The molecule has 3 fully saturated rings. The highest BCUT2D eigenvalue weighted by Gasteiger charge is 2.66. The molecule has 1 spiro atoms. The van der Waals surface area contributed by atoms with Gasteiger partial charge in [-0.05, 0) is 55.2 Å². The van der Waals surface area contributed by atoms with E-state index in [-0.39, 0.29) is 17.2 Å². The second-order valence-electron chi connectivity index (χ2n) is 8.00. The van der Waals surface area contributed by atoms with Gasteiger partial charge in [0.1, 0.15) is 5.41 Å². The first-order valence-electron chi connectivity index (χ1n) is 8.83. The van der Waals surface area contributed by atoms with Crippen molar-refractivity contribution in [3.05, 3.63) is 35.4 Å². The SMILES string of the molecule is O=C(O)C1(C(=O)N2CCC(c3ccc(F)c(F)c3)C2)CC2(CCC2)C1. The fraction of sp³-hybridized carbons (Fsp3) is 0.579. The molecule has 2 saturated carbocycles. The van der Waals surface area contributed by atoms with Gasteiger partial charge in [-0.1, -0.05) is 12.5 Å². The number of rotatable bonds is 3. The van der Waals surface area contributed by atoms with Crippen LogP contribution >= 0.6 is 0 Å². The van der Waals surface area contributed by atoms with Crippen LogP contribution in [0, 0.1) is 22.5 Å². The van der Waals surface area contributed by atoms with Crippen molar-refractivity contribution in [2.24, 2.45) is 10.8 Å². The minimum absolute atomic E-state index is 0.0766. The fourth-order valence-corrected chi connectivity index (χ4v) is 4.94. The molecule has 1 atom stereocenters. The number of amides is 1. The average molecular weight is 349 g/mol. The summed E-state index contributed by atoms with van der Waals surface area (Å²) in [5.74, 6) is -3.19. The molecule has 2 aliphatic carbocycles. The van der Waals surface area contributed by atoms with Gasteiger partial charge in [0.25, 0.3) is 0 Å². The van der Waals surface area contributed by atoms with Crippen molar-refractivity contribution in [3.8, 4) is 0 Å². The van der Waals surface area contributed by atoms with Gasteiger partial charge in [0.2, 0.25) is 5.91 Å². The lowest BCUT2D eigenvalue weighted by atomic mass is 9.45. The Morgan fingerprint density at radius 1 is 1.16 bits per heavy atom. The monoisotopic (exact) mass is 349 g/mol.